The van der Waals surface area contributed by atoms with Gasteiger partial charge in [-0.2, -0.15) is 0 Å². The summed E-state index contributed by atoms with van der Waals surface area (Å²) in [6, 6.07) is 3.05. The molecule has 0 aliphatic heterocycles. The van der Waals surface area contributed by atoms with Gasteiger partial charge in [0.15, 0.2) is 6.29 Å². The maximum atomic E-state index is 11.5. The highest BCUT2D eigenvalue weighted by atomic mass is 16.5. The van der Waals surface area contributed by atoms with E-state index >= 15 is 0 Å². The van der Waals surface area contributed by atoms with Gasteiger partial charge in [-0.25, -0.2) is 9.48 Å². The lowest BCUT2D eigenvalue weighted by Crippen LogP contribution is -2.05. The molecule has 82 valence electrons. The molecule has 0 radical (unpaired) electrons. The number of hydrogen-bond donors (Lipinski definition) is 0. The number of carbonyl (C=O) groups excluding carboxylic acids is 2. The van der Waals surface area contributed by atoms with E-state index in [0.717, 1.165) is 0 Å². The molecule has 2 aromatic rings. The third kappa shape index (κ3) is 1.35. The zero-order valence-corrected chi connectivity index (χ0v) is 8.80. The van der Waals surface area contributed by atoms with Gasteiger partial charge in [-0.15, -0.1) is 5.10 Å². The summed E-state index contributed by atoms with van der Waals surface area (Å²) >= 11 is 0. The van der Waals surface area contributed by atoms with Gasteiger partial charge < -0.3 is 4.74 Å². The van der Waals surface area contributed by atoms with Crippen molar-refractivity contribution in [3.8, 4) is 0 Å². The monoisotopic (exact) mass is 219 g/mol. The summed E-state index contributed by atoms with van der Waals surface area (Å²) in [7, 11) is 2.95. The number of rotatable bonds is 2. The number of benzene rings is 1. The Kier molecular flexibility index (Phi) is 2.40. The standard InChI is InChI=1S/C10H9N3O3/c1-13-9-7(10(15)16-2)4-3-6(5-14)8(9)11-12-13/h3-5H,1-2H3. The Balaban J connectivity index is 2.82. The molecular weight excluding hydrogens is 210 g/mol. The fraction of sp³-hybridized carbons (Fsp3) is 0.200. The second kappa shape index (κ2) is 3.73. The summed E-state index contributed by atoms with van der Waals surface area (Å²) in [6.07, 6.45) is 0.679. The molecule has 1 heterocycles. The molecule has 1 aromatic heterocycles. The van der Waals surface area contributed by atoms with Crippen molar-refractivity contribution in [2.24, 2.45) is 7.05 Å². The number of hydrogen-bond acceptors (Lipinski definition) is 5. The average Bonchev–Trinajstić information content (AvgIpc) is 2.70. The molecule has 0 saturated carbocycles. The van der Waals surface area contributed by atoms with E-state index in [-0.39, 0.29) is 0 Å². The van der Waals surface area contributed by atoms with E-state index in [9.17, 15) is 9.59 Å². The van der Waals surface area contributed by atoms with Gasteiger partial charge >= 0.3 is 5.97 Å². The molecule has 0 spiro atoms. The lowest BCUT2D eigenvalue weighted by Gasteiger charge is -2.02. The second-order valence-corrected chi connectivity index (χ2v) is 3.22. The summed E-state index contributed by atoms with van der Waals surface area (Å²) < 4.78 is 6.09. The Labute approximate surface area is 90.8 Å². The van der Waals surface area contributed by atoms with Crippen molar-refractivity contribution in [2.75, 3.05) is 7.11 Å². The molecular formula is C10H9N3O3. The molecule has 2 rings (SSSR count). The van der Waals surface area contributed by atoms with Crippen LogP contribution in [-0.4, -0.2) is 34.4 Å². The van der Waals surface area contributed by atoms with Crippen LogP contribution in [0.4, 0.5) is 0 Å². The molecule has 6 heteroatoms. The highest BCUT2D eigenvalue weighted by molar-refractivity contribution is 6.06. The van der Waals surface area contributed by atoms with E-state index in [1.807, 2.05) is 0 Å². The maximum absolute atomic E-state index is 11.5. The van der Waals surface area contributed by atoms with E-state index in [1.54, 1.807) is 7.05 Å². The van der Waals surface area contributed by atoms with Crippen molar-refractivity contribution in [1.82, 2.24) is 15.0 Å². The molecule has 0 amide bonds. The molecule has 0 aliphatic carbocycles. The zero-order chi connectivity index (χ0) is 11.7. The van der Waals surface area contributed by atoms with Gasteiger partial charge in [-0.05, 0) is 12.1 Å². The van der Waals surface area contributed by atoms with Crippen LogP contribution in [-0.2, 0) is 11.8 Å². The van der Waals surface area contributed by atoms with Crippen LogP contribution in [0.1, 0.15) is 20.7 Å². The number of ether oxygens (including phenoxy) is 1. The first-order valence-electron chi connectivity index (χ1n) is 4.55. The number of methoxy groups -OCH3 is 1. The predicted octanol–water partition coefficient (Wildman–Crippen LogP) is 0.567. The Hall–Kier alpha value is -2.24. The van der Waals surface area contributed by atoms with E-state index < -0.39 is 5.97 Å². The highest BCUT2D eigenvalue weighted by Crippen LogP contribution is 2.19. The predicted molar refractivity (Wildman–Crippen MR) is 55.2 cm³/mol. The molecule has 6 nitrogen and oxygen atoms in total. The van der Waals surface area contributed by atoms with Crippen LogP contribution in [0.15, 0.2) is 12.1 Å². The van der Waals surface area contributed by atoms with Gasteiger partial charge in [0, 0.05) is 12.6 Å². The zero-order valence-electron chi connectivity index (χ0n) is 8.80. The van der Waals surface area contributed by atoms with E-state index in [4.69, 9.17) is 0 Å². The van der Waals surface area contributed by atoms with Crippen molar-refractivity contribution in [3.63, 3.8) is 0 Å². The maximum Gasteiger partial charge on any atom is 0.340 e. The van der Waals surface area contributed by atoms with Gasteiger partial charge in [0.1, 0.15) is 11.0 Å². The highest BCUT2D eigenvalue weighted by Gasteiger charge is 2.17. The van der Waals surface area contributed by atoms with Crippen LogP contribution in [0, 0.1) is 0 Å². The van der Waals surface area contributed by atoms with Crippen molar-refractivity contribution in [3.05, 3.63) is 23.3 Å². The molecule has 1 aromatic carbocycles. The summed E-state index contributed by atoms with van der Waals surface area (Å²) in [4.78, 5) is 22.3. The van der Waals surface area contributed by atoms with E-state index in [1.165, 1.54) is 23.9 Å². The van der Waals surface area contributed by atoms with Gasteiger partial charge in [0.25, 0.3) is 0 Å². The smallest absolute Gasteiger partial charge is 0.340 e. The number of aryl methyl sites for hydroxylation is 1. The Morgan fingerprint density at radius 1 is 1.50 bits per heavy atom. The fourth-order valence-electron chi connectivity index (χ4n) is 1.55. The third-order valence-electron chi connectivity index (χ3n) is 2.32. The van der Waals surface area contributed by atoms with Crippen LogP contribution < -0.4 is 0 Å². The summed E-state index contributed by atoms with van der Waals surface area (Å²) in [6.45, 7) is 0. The van der Waals surface area contributed by atoms with Gasteiger partial charge in [-0.1, -0.05) is 5.21 Å². The minimum atomic E-state index is -0.479. The Bertz CT molecular complexity index is 574. The SMILES string of the molecule is COC(=O)c1ccc(C=O)c2nnn(C)c12. The average molecular weight is 219 g/mol. The van der Waals surface area contributed by atoms with Crippen LogP contribution in [0.2, 0.25) is 0 Å². The number of nitrogens with zero attached hydrogens (tertiary/aromatic N) is 3. The lowest BCUT2D eigenvalue weighted by molar-refractivity contribution is 0.0602. The van der Waals surface area contributed by atoms with Crippen molar-refractivity contribution < 1.29 is 14.3 Å². The lowest BCUT2D eigenvalue weighted by atomic mass is 10.1. The molecule has 0 N–H and O–H groups in total. The van der Waals surface area contributed by atoms with Crippen molar-refractivity contribution >= 4 is 23.3 Å². The first-order chi connectivity index (χ1) is 7.69. The quantitative estimate of drug-likeness (QED) is 0.545. The summed E-state index contributed by atoms with van der Waals surface area (Å²) in [5.41, 5.74) is 1.64. The van der Waals surface area contributed by atoms with Crippen LogP contribution in [0.5, 0.6) is 0 Å². The van der Waals surface area contributed by atoms with Crippen LogP contribution in [0.3, 0.4) is 0 Å². The molecule has 0 atom stereocenters. The normalized spacial score (nSPS) is 10.4. The second-order valence-electron chi connectivity index (χ2n) is 3.22. The topological polar surface area (TPSA) is 74.1 Å². The first-order valence-corrected chi connectivity index (χ1v) is 4.55. The molecule has 0 unspecified atom stereocenters. The number of aromatic nitrogens is 3. The summed E-state index contributed by atoms with van der Waals surface area (Å²) in [5.74, 6) is -0.479. The van der Waals surface area contributed by atoms with Gasteiger partial charge in [-0.3, -0.25) is 4.79 Å². The van der Waals surface area contributed by atoms with Gasteiger partial charge in [0.2, 0.25) is 0 Å². The third-order valence-corrected chi connectivity index (χ3v) is 2.32. The van der Waals surface area contributed by atoms with E-state index in [0.29, 0.717) is 28.4 Å². The van der Waals surface area contributed by atoms with Crippen molar-refractivity contribution in [2.45, 2.75) is 0 Å². The minimum Gasteiger partial charge on any atom is -0.465 e. The fourth-order valence-corrected chi connectivity index (χ4v) is 1.55. The molecule has 0 bridgehead atoms. The molecule has 0 fully saturated rings. The molecule has 0 saturated heterocycles. The van der Waals surface area contributed by atoms with Crippen LogP contribution >= 0.6 is 0 Å². The first kappa shape index (κ1) is 10.3. The Morgan fingerprint density at radius 3 is 2.88 bits per heavy atom. The Morgan fingerprint density at radius 2 is 2.25 bits per heavy atom. The molecule has 0 aliphatic rings. The summed E-state index contributed by atoms with van der Waals surface area (Å²) in [5, 5.41) is 7.62. The van der Waals surface area contributed by atoms with Gasteiger partial charge in [0.05, 0.1) is 12.7 Å². The van der Waals surface area contributed by atoms with Crippen molar-refractivity contribution in [1.29, 1.82) is 0 Å². The molecule has 16 heavy (non-hydrogen) atoms. The van der Waals surface area contributed by atoms with E-state index in [2.05, 4.69) is 15.0 Å². The number of fused-ring (bicyclic) bond motifs is 1. The minimum absolute atomic E-state index is 0.343. The number of esters is 1. The number of aldehydes is 1. The number of carbonyl (C=O) groups is 2. The largest absolute Gasteiger partial charge is 0.465 e. The van der Waals surface area contributed by atoms with Crippen LogP contribution in [0.25, 0.3) is 11.0 Å².